The topological polar surface area (TPSA) is 36.9 Å². The van der Waals surface area contributed by atoms with Gasteiger partial charge in [0.1, 0.15) is 23.0 Å². The van der Waals surface area contributed by atoms with Gasteiger partial charge in [-0.25, -0.2) is 0 Å². The van der Waals surface area contributed by atoms with Gasteiger partial charge in [0, 0.05) is 25.7 Å². The zero-order valence-electron chi connectivity index (χ0n) is 41.1. The standard InChI is InChI=1S/C52H76O4Si4/c1-49(2,3)41-25-33-21-35-27-42(50(4,5)6)29-37(46(35)54-58(15)16)23-39-31-44(52(10,11)12)32-40(48(39)56-60(19)20)24-38-30-43(51(7,8)9)28-36(47(38)55-59(17)18)22-34(26-41)45(33)53-57(13)14/h25-32H,21-24H2,1-20H3. The molecule has 4 radical (unpaired) electrons. The molecule has 4 aromatic rings. The van der Waals surface area contributed by atoms with E-state index >= 15 is 0 Å². The zero-order valence-corrected chi connectivity index (χ0v) is 45.1. The van der Waals surface area contributed by atoms with E-state index in [0.29, 0.717) is 25.7 Å². The van der Waals surface area contributed by atoms with Gasteiger partial charge < -0.3 is 17.7 Å². The fraction of sp³-hybridized carbons (Fsp3) is 0.538. The first-order valence-electron chi connectivity index (χ1n) is 22.1. The van der Waals surface area contributed by atoms with Crippen molar-refractivity contribution >= 4 is 36.2 Å². The highest BCUT2D eigenvalue weighted by atomic mass is 28.3. The molecule has 0 saturated heterocycles. The molecule has 4 nitrogen and oxygen atoms in total. The minimum atomic E-state index is -1.13. The van der Waals surface area contributed by atoms with Crippen LogP contribution in [0.1, 0.15) is 150 Å². The van der Waals surface area contributed by atoms with E-state index in [1.807, 2.05) is 0 Å². The summed E-state index contributed by atoms with van der Waals surface area (Å²) in [4.78, 5) is 0. The second kappa shape index (κ2) is 18.0. The van der Waals surface area contributed by atoms with E-state index in [1.165, 1.54) is 66.8 Å². The first-order chi connectivity index (χ1) is 27.5. The predicted molar refractivity (Wildman–Crippen MR) is 264 cm³/mol. The molecule has 324 valence electrons. The second-order valence-corrected chi connectivity index (χ2v) is 30.3. The third-order valence-electron chi connectivity index (χ3n) is 11.2. The molecular weight excluding hydrogens is 801 g/mol. The van der Waals surface area contributed by atoms with Crippen molar-refractivity contribution in [1.29, 1.82) is 0 Å². The second-order valence-electron chi connectivity index (χ2n) is 22.2. The van der Waals surface area contributed by atoms with Crippen molar-refractivity contribution in [3.05, 3.63) is 115 Å². The van der Waals surface area contributed by atoms with Gasteiger partial charge in [0.25, 0.3) is 36.2 Å². The molecule has 5 rings (SSSR count). The van der Waals surface area contributed by atoms with Gasteiger partial charge in [0.2, 0.25) is 0 Å². The minimum Gasteiger partial charge on any atom is -0.542 e. The lowest BCUT2D eigenvalue weighted by Crippen LogP contribution is -2.21. The van der Waals surface area contributed by atoms with Gasteiger partial charge in [-0.05, 0) is 141 Å². The summed E-state index contributed by atoms with van der Waals surface area (Å²) in [5.41, 5.74) is 14.8. The summed E-state index contributed by atoms with van der Waals surface area (Å²) in [6.45, 7) is 46.1. The van der Waals surface area contributed by atoms with Crippen LogP contribution in [0.15, 0.2) is 48.5 Å². The van der Waals surface area contributed by atoms with Crippen LogP contribution in [-0.2, 0) is 47.3 Å². The summed E-state index contributed by atoms with van der Waals surface area (Å²) in [5.74, 6) is 4.13. The number of hydrogen-bond acceptors (Lipinski definition) is 4. The molecule has 0 N–H and O–H groups in total. The van der Waals surface area contributed by atoms with Crippen LogP contribution in [0.4, 0.5) is 0 Å². The molecule has 0 saturated carbocycles. The molecule has 0 aliphatic heterocycles. The molecule has 0 spiro atoms. The largest absolute Gasteiger partial charge is 0.542 e. The maximum absolute atomic E-state index is 7.12. The predicted octanol–water partition coefficient (Wildman–Crippen LogP) is 14.1. The van der Waals surface area contributed by atoms with Crippen LogP contribution in [-0.4, -0.2) is 36.2 Å². The van der Waals surface area contributed by atoms with E-state index in [1.54, 1.807) is 0 Å². The monoisotopic (exact) mass is 876 g/mol. The number of hydrogen-bond donors (Lipinski definition) is 0. The third-order valence-corrected chi connectivity index (χ3v) is 13.6. The lowest BCUT2D eigenvalue weighted by molar-refractivity contribution is 0.540. The van der Waals surface area contributed by atoms with Crippen LogP contribution in [0, 0.1) is 0 Å². The Bertz CT molecular complexity index is 1770. The molecule has 0 fully saturated rings. The summed E-state index contributed by atoms with van der Waals surface area (Å²) in [7, 11) is -4.51. The maximum Gasteiger partial charge on any atom is 0.274 e. The molecule has 8 heteroatoms. The van der Waals surface area contributed by atoms with E-state index in [4.69, 9.17) is 17.7 Å². The van der Waals surface area contributed by atoms with Gasteiger partial charge in [-0.15, -0.1) is 0 Å². The molecule has 8 bridgehead atoms. The SMILES string of the molecule is C[Si](C)Oc1c2cc(C(C)(C)C)cc1Cc1cc(C(C)(C)C)cc(c1O[Si](C)C)Cc1cc(C(C)(C)C)cc(c1O[Si](C)C)Cc1cc(C(C)(C)C)cc(c1O[Si](C)C)C2. The number of rotatable bonds is 8. The van der Waals surface area contributed by atoms with E-state index in [-0.39, 0.29) is 21.7 Å². The lowest BCUT2D eigenvalue weighted by atomic mass is 9.79. The fourth-order valence-corrected chi connectivity index (χ4v) is 10.6. The van der Waals surface area contributed by atoms with E-state index < -0.39 is 36.2 Å². The van der Waals surface area contributed by atoms with Crippen LogP contribution in [0.3, 0.4) is 0 Å². The Morgan fingerprint density at radius 3 is 0.517 bits per heavy atom. The molecule has 1 aliphatic rings. The quantitative estimate of drug-likeness (QED) is 0.146. The molecular formula is C52H76O4Si4. The Labute approximate surface area is 373 Å². The van der Waals surface area contributed by atoms with Crippen molar-refractivity contribution < 1.29 is 17.7 Å². The molecule has 0 unspecified atom stereocenters. The highest BCUT2D eigenvalue weighted by molar-refractivity contribution is 6.50. The van der Waals surface area contributed by atoms with Crippen molar-refractivity contribution in [2.45, 2.75) is 183 Å². The summed E-state index contributed by atoms with van der Waals surface area (Å²) in [5, 5.41) is 0. The van der Waals surface area contributed by atoms with E-state index in [9.17, 15) is 0 Å². The molecule has 60 heavy (non-hydrogen) atoms. The molecule has 4 aromatic carbocycles. The van der Waals surface area contributed by atoms with Crippen LogP contribution in [0.25, 0.3) is 0 Å². The van der Waals surface area contributed by atoms with E-state index in [0.717, 1.165) is 23.0 Å². The average molecular weight is 878 g/mol. The molecule has 0 atom stereocenters. The van der Waals surface area contributed by atoms with Gasteiger partial charge in [0.05, 0.1) is 0 Å². The Balaban J connectivity index is 2.05. The minimum absolute atomic E-state index is 0.0701. The molecule has 0 aromatic heterocycles. The van der Waals surface area contributed by atoms with Crippen LogP contribution >= 0.6 is 0 Å². The van der Waals surface area contributed by atoms with Crippen molar-refractivity contribution in [2.75, 3.05) is 0 Å². The summed E-state index contributed by atoms with van der Waals surface area (Å²) in [6.07, 6.45) is 2.85. The Morgan fingerprint density at radius 2 is 0.417 bits per heavy atom. The zero-order chi connectivity index (χ0) is 44.9. The van der Waals surface area contributed by atoms with Crippen LogP contribution < -0.4 is 17.7 Å². The highest BCUT2D eigenvalue weighted by Crippen LogP contribution is 2.44. The Hall–Kier alpha value is -3.05. The summed E-state index contributed by atoms with van der Waals surface area (Å²) in [6, 6.07) is 19.5. The van der Waals surface area contributed by atoms with Crippen LogP contribution in [0.5, 0.6) is 23.0 Å². The van der Waals surface area contributed by atoms with Gasteiger partial charge in [0.15, 0.2) is 0 Å². The normalized spacial score (nSPS) is 14.0. The van der Waals surface area contributed by atoms with Crippen molar-refractivity contribution in [3.8, 4) is 23.0 Å². The third kappa shape index (κ3) is 11.7. The van der Waals surface area contributed by atoms with Gasteiger partial charge in [-0.3, -0.25) is 0 Å². The van der Waals surface area contributed by atoms with Crippen molar-refractivity contribution in [3.63, 3.8) is 0 Å². The molecule has 0 heterocycles. The number of fused-ring (bicyclic) bond motifs is 8. The smallest absolute Gasteiger partial charge is 0.274 e. The van der Waals surface area contributed by atoms with Crippen molar-refractivity contribution in [2.24, 2.45) is 0 Å². The van der Waals surface area contributed by atoms with Crippen LogP contribution in [0.2, 0.25) is 52.4 Å². The number of benzene rings is 4. The van der Waals surface area contributed by atoms with Gasteiger partial charge in [-0.1, -0.05) is 132 Å². The average Bonchev–Trinajstić information content (AvgIpc) is 3.06. The fourth-order valence-electron chi connectivity index (χ4n) is 7.96. The van der Waals surface area contributed by atoms with E-state index in [2.05, 4.69) is 184 Å². The summed E-state index contributed by atoms with van der Waals surface area (Å²) >= 11 is 0. The Morgan fingerprint density at radius 1 is 0.283 bits per heavy atom. The lowest BCUT2D eigenvalue weighted by Gasteiger charge is -2.30. The summed E-state index contributed by atoms with van der Waals surface area (Å²) < 4.78 is 28.5. The first kappa shape index (κ1) is 48.0. The molecule has 1 aliphatic carbocycles. The maximum atomic E-state index is 7.12. The first-order valence-corrected chi connectivity index (χ1v) is 31.7. The van der Waals surface area contributed by atoms with Gasteiger partial charge >= 0.3 is 0 Å². The van der Waals surface area contributed by atoms with Gasteiger partial charge in [-0.2, -0.15) is 0 Å². The van der Waals surface area contributed by atoms with Crippen molar-refractivity contribution in [1.82, 2.24) is 0 Å². The highest BCUT2D eigenvalue weighted by Gasteiger charge is 2.30. The Kier molecular flexibility index (Phi) is 14.4. The molecule has 0 amide bonds.